The molecular formula is C11H18N2. The summed E-state index contributed by atoms with van der Waals surface area (Å²) in [6, 6.07) is 2.02. The van der Waals surface area contributed by atoms with Crippen molar-refractivity contribution in [2.24, 2.45) is 5.92 Å². The van der Waals surface area contributed by atoms with Gasteiger partial charge in [-0.3, -0.25) is 0 Å². The van der Waals surface area contributed by atoms with E-state index in [1.807, 2.05) is 6.07 Å². The number of aromatic nitrogens is 1. The van der Waals surface area contributed by atoms with Crippen LogP contribution in [0.3, 0.4) is 0 Å². The maximum absolute atomic E-state index is 5.80. The minimum atomic E-state index is 0.695. The van der Waals surface area contributed by atoms with Crippen molar-refractivity contribution in [1.82, 2.24) is 4.98 Å². The fourth-order valence-electron chi connectivity index (χ4n) is 1.37. The predicted molar refractivity (Wildman–Crippen MR) is 56.5 cm³/mol. The molecule has 1 rings (SSSR count). The lowest BCUT2D eigenvalue weighted by Crippen LogP contribution is -2.02. The average Bonchev–Trinajstić information content (AvgIpc) is 2.03. The molecule has 0 aromatic carbocycles. The summed E-state index contributed by atoms with van der Waals surface area (Å²) in [4.78, 5) is 4.10. The summed E-state index contributed by atoms with van der Waals surface area (Å²) in [5.41, 5.74) is 8.27. The molecule has 1 aromatic rings. The van der Waals surface area contributed by atoms with Gasteiger partial charge in [0.05, 0.1) is 0 Å². The second-order valence-corrected chi connectivity index (χ2v) is 3.92. The molecular weight excluding hydrogens is 160 g/mol. The third-order valence-corrected chi connectivity index (χ3v) is 2.30. The number of hydrogen-bond donors (Lipinski definition) is 1. The zero-order chi connectivity index (χ0) is 9.84. The van der Waals surface area contributed by atoms with Gasteiger partial charge in [-0.05, 0) is 42.9 Å². The van der Waals surface area contributed by atoms with Crippen molar-refractivity contribution in [2.75, 3.05) is 5.73 Å². The van der Waals surface area contributed by atoms with Gasteiger partial charge in [-0.1, -0.05) is 13.8 Å². The van der Waals surface area contributed by atoms with Crippen LogP contribution in [-0.4, -0.2) is 4.98 Å². The molecule has 2 heteroatoms. The standard InChI is InChI=1S/C11H18N2/c1-8(2)4-5-10-9(3)6-7-13-11(10)12/h6-8H,4-5H2,1-3H3,(H2,12,13). The molecule has 0 spiro atoms. The van der Waals surface area contributed by atoms with Crippen molar-refractivity contribution in [3.05, 3.63) is 23.4 Å². The molecule has 0 bridgehead atoms. The molecule has 0 saturated heterocycles. The van der Waals surface area contributed by atoms with Crippen LogP contribution in [0.15, 0.2) is 12.3 Å². The third kappa shape index (κ3) is 2.72. The molecule has 1 aromatic heterocycles. The molecule has 2 nitrogen and oxygen atoms in total. The van der Waals surface area contributed by atoms with E-state index in [4.69, 9.17) is 5.73 Å². The Balaban J connectivity index is 2.75. The van der Waals surface area contributed by atoms with Gasteiger partial charge in [0, 0.05) is 6.20 Å². The lowest BCUT2D eigenvalue weighted by atomic mass is 10.0. The van der Waals surface area contributed by atoms with Gasteiger partial charge in [0.2, 0.25) is 0 Å². The molecule has 0 fully saturated rings. The van der Waals surface area contributed by atoms with Crippen LogP contribution in [0.5, 0.6) is 0 Å². The van der Waals surface area contributed by atoms with E-state index in [0.29, 0.717) is 5.82 Å². The fraction of sp³-hybridized carbons (Fsp3) is 0.545. The smallest absolute Gasteiger partial charge is 0.126 e. The van der Waals surface area contributed by atoms with E-state index in [1.54, 1.807) is 6.20 Å². The Morgan fingerprint density at radius 2 is 2.15 bits per heavy atom. The second-order valence-electron chi connectivity index (χ2n) is 3.92. The monoisotopic (exact) mass is 178 g/mol. The van der Waals surface area contributed by atoms with Crippen molar-refractivity contribution in [3.63, 3.8) is 0 Å². The number of nitrogen functional groups attached to an aromatic ring is 1. The van der Waals surface area contributed by atoms with Crippen molar-refractivity contribution in [1.29, 1.82) is 0 Å². The van der Waals surface area contributed by atoms with E-state index in [2.05, 4.69) is 25.8 Å². The van der Waals surface area contributed by atoms with Gasteiger partial charge in [0.1, 0.15) is 5.82 Å². The summed E-state index contributed by atoms with van der Waals surface area (Å²) < 4.78 is 0. The molecule has 0 aliphatic carbocycles. The summed E-state index contributed by atoms with van der Waals surface area (Å²) in [6.45, 7) is 6.54. The molecule has 0 atom stereocenters. The topological polar surface area (TPSA) is 38.9 Å². The van der Waals surface area contributed by atoms with Gasteiger partial charge in [-0.2, -0.15) is 0 Å². The van der Waals surface area contributed by atoms with Crippen molar-refractivity contribution >= 4 is 5.82 Å². The highest BCUT2D eigenvalue weighted by Gasteiger charge is 2.04. The molecule has 0 aliphatic heterocycles. The van der Waals surface area contributed by atoms with Gasteiger partial charge in [0.25, 0.3) is 0 Å². The van der Waals surface area contributed by atoms with Crippen molar-refractivity contribution in [2.45, 2.75) is 33.6 Å². The number of rotatable bonds is 3. The molecule has 0 amide bonds. The fourth-order valence-corrected chi connectivity index (χ4v) is 1.37. The maximum atomic E-state index is 5.80. The van der Waals surface area contributed by atoms with E-state index in [9.17, 15) is 0 Å². The van der Waals surface area contributed by atoms with Crippen LogP contribution in [0.4, 0.5) is 5.82 Å². The Bertz CT molecular complexity index is 259. The highest BCUT2D eigenvalue weighted by atomic mass is 14.8. The van der Waals surface area contributed by atoms with Gasteiger partial charge in [0.15, 0.2) is 0 Å². The Labute approximate surface area is 80.2 Å². The molecule has 0 unspecified atom stereocenters. The number of nitrogens with zero attached hydrogens (tertiary/aromatic N) is 1. The lowest BCUT2D eigenvalue weighted by Gasteiger charge is -2.09. The van der Waals surface area contributed by atoms with E-state index < -0.39 is 0 Å². The van der Waals surface area contributed by atoms with Crippen LogP contribution in [-0.2, 0) is 6.42 Å². The van der Waals surface area contributed by atoms with Gasteiger partial charge in [-0.15, -0.1) is 0 Å². The molecule has 0 radical (unpaired) electrons. The van der Waals surface area contributed by atoms with Crippen LogP contribution in [0.1, 0.15) is 31.4 Å². The first-order chi connectivity index (χ1) is 6.11. The highest BCUT2D eigenvalue weighted by Crippen LogP contribution is 2.17. The molecule has 72 valence electrons. The van der Waals surface area contributed by atoms with Gasteiger partial charge in [-0.25, -0.2) is 4.98 Å². The summed E-state index contributed by atoms with van der Waals surface area (Å²) in [6.07, 6.45) is 3.99. The van der Waals surface area contributed by atoms with Crippen LogP contribution in [0.2, 0.25) is 0 Å². The largest absolute Gasteiger partial charge is 0.383 e. The second kappa shape index (κ2) is 4.26. The molecule has 2 N–H and O–H groups in total. The normalized spacial score (nSPS) is 10.8. The number of pyridine rings is 1. The van der Waals surface area contributed by atoms with Gasteiger partial charge >= 0.3 is 0 Å². The number of aryl methyl sites for hydroxylation is 1. The minimum absolute atomic E-state index is 0.695. The first-order valence-electron chi connectivity index (χ1n) is 4.81. The Morgan fingerprint density at radius 1 is 1.46 bits per heavy atom. The number of nitrogens with two attached hydrogens (primary N) is 1. The first-order valence-corrected chi connectivity index (χ1v) is 4.81. The van der Waals surface area contributed by atoms with Crippen LogP contribution < -0.4 is 5.73 Å². The Kier molecular flexibility index (Phi) is 3.29. The molecule has 13 heavy (non-hydrogen) atoms. The van der Waals surface area contributed by atoms with Crippen molar-refractivity contribution < 1.29 is 0 Å². The van der Waals surface area contributed by atoms with E-state index in [1.165, 1.54) is 17.5 Å². The van der Waals surface area contributed by atoms with Gasteiger partial charge < -0.3 is 5.73 Å². The Morgan fingerprint density at radius 3 is 2.69 bits per heavy atom. The molecule has 0 saturated carbocycles. The predicted octanol–water partition coefficient (Wildman–Crippen LogP) is 2.56. The van der Waals surface area contributed by atoms with E-state index in [0.717, 1.165) is 12.3 Å². The average molecular weight is 178 g/mol. The van der Waals surface area contributed by atoms with Crippen molar-refractivity contribution in [3.8, 4) is 0 Å². The zero-order valence-electron chi connectivity index (χ0n) is 8.67. The quantitative estimate of drug-likeness (QED) is 0.772. The number of anilines is 1. The summed E-state index contributed by atoms with van der Waals surface area (Å²) >= 11 is 0. The maximum Gasteiger partial charge on any atom is 0.126 e. The SMILES string of the molecule is Cc1ccnc(N)c1CCC(C)C. The summed E-state index contributed by atoms with van der Waals surface area (Å²) in [5, 5.41) is 0. The number of hydrogen-bond acceptors (Lipinski definition) is 2. The minimum Gasteiger partial charge on any atom is -0.383 e. The molecule has 1 heterocycles. The Hall–Kier alpha value is -1.05. The van der Waals surface area contributed by atoms with Crippen LogP contribution >= 0.6 is 0 Å². The van der Waals surface area contributed by atoms with E-state index in [-0.39, 0.29) is 0 Å². The molecule has 0 aliphatic rings. The first kappa shape index (κ1) is 10.0. The highest BCUT2D eigenvalue weighted by molar-refractivity contribution is 5.43. The van der Waals surface area contributed by atoms with E-state index >= 15 is 0 Å². The summed E-state index contributed by atoms with van der Waals surface area (Å²) in [7, 11) is 0. The lowest BCUT2D eigenvalue weighted by molar-refractivity contribution is 0.586. The zero-order valence-corrected chi connectivity index (χ0v) is 8.67. The van der Waals surface area contributed by atoms with Crippen LogP contribution in [0, 0.1) is 12.8 Å². The third-order valence-electron chi connectivity index (χ3n) is 2.30. The van der Waals surface area contributed by atoms with Crippen LogP contribution in [0.25, 0.3) is 0 Å². The summed E-state index contributed by atoms with van der Waals surface area (Å²) in [5.74, 6) is 1.42.